The number of hydrazone groups is 1. The van der Waals surface area contributed by atoms with E-state index in [4.69, 9.17) is 28.3 Å². The Hall–Kier alpha value is -2.27. The van der Waals surface area contributed by atoms with Crippen LogP contribution in [-0.4, -0.2) is 22.6 Å². The molecule has 0 spiro atoms. The van der Waals surface area contributed by atoms with Crippen molar-refractivity contribution in [2.75, 3.05) is 6.54 Å². The summed E-state index contributed by atoms with van der Waals surface area (Å²) in [5.74, 6) is 0.103. The number of nitrogens with zero attached hydrogens (tertiary/aromatic N) is 3. The van der Waals surface area contributed by atoms with Gasteiger partial charge >= 0.3 is 0 Å². The summed E-state index contributed by atoms with van der Waals surface area (Å²) in [4.78, 5) is 1.04. The van der Waals surface area contributed by atoms with Crippen molar-refractivity contribution >= 4 is 46.2 Å². The predicted octanol–water partition coefficient (Wildman–Crippen LogP) is 7.78. The van der Waals surface area contributed by atoms with Crippen LogP contribution in [0, 0.1) is 6.92 Å². The summed E-state index contributed by atoms with van der Waals surface area (Å²) in [6.07, 6.45) is 0. The van der Waals surface area contributed by atoms with Crippen LogP contribution in [0.5, 0.6) is 0 Å². The predicted molar refractivity (Wildman–Crippen MR) is 136 cm³/mol. The molecule has 3 aromatic rings. The van der Waals surface area contributed by atoms with E-state index in [0.717, 1.165) is 16.2 Å². The summed E-state index contributed by atoms with van der Waals surface area (Å²) < 4.78 is 4.47. The zero-order chi connectivity index (χ0) is 22.2. The van der Waals surface area contributed by atoms with Gasteiger partial charge in [0, 0.05) is 27.8 Å². The Morgan fingerprint density at radius 3 is 2.26 bits per heavy atom. The molecule has 0 aromatic heterocycles. The smallest absolute Gasteiger partial charge is 0.226 e. The summed E-state index contributed by atoms with van der Waals surface area (Å²) in [6.45, 7) is 6.70. The third-order valence-electron chi connectivity index (χ3n) is 4.72. The molecule has 160 valence electrons. The van der Waals surface area contributed by atoms with E-state index in [9.17, 15) is 0 Å². The molecule has 0 radical (unpaired) electrons. The van der Waals surface area contributed by atoms with Crippen molar-refractivity contribution in [2.24, 2.45) is 9.50 Å². The lowest BCUT2D eigenvalue weighted by atomic mass is 9.91. The van der Waals surface area contributed by atoms with Crippen LogP contribution < -0.4 is 0 Å². The van der Waals surface area contributed by atoms with E-state index < -0.39 is 0 Å². The highest BCUT2D eigenvalue weighted by atomic mass is 35.5. The SMILES string of the molecule is CC.Cc1ccc(S/N=C(\Cl)N2CC(c3ccccc3)C(c3ccc(Cl)cc3)=N2)cc1. The largest absolute Gasteiger partial charge is 0.236 e. The minimum atomic E-state index is 0.103. The van der Waals surface area contributed by atoms with E-state index in [0.29, 0.717) is 16.9 Å². The number of rotatable bonds is 4. The van der Waals surface area contributed by atoms with E-state index in [1.165, 1.54) is 23.1 Å². The van der Waals surface area contributed by atoms with Crippen molar-refractivity contribution < 1.29 is 0 Å². The number of aryl methyl sites for hydroxylation is 1. The van der Waals surface area contributed by atoms with Crippen molar-refractivity contribution in [3.05, 3.63) is 101 Å². The van der Waals surface area contributed by atoms with Gasteiger partial charge in [-0.15, -0.1) is 0 Å². The van der Waals surface area contributed by atoms with Crippen LogP contribution in [0.15, 0.2) is 93.3 Å². The molecular formula is C25H25Cl2N3S. The second-order valence-corrected chi connectivity index (χ2v) is 8.41. The molecule has 1 atom stereocenters. The average molecular weight is 470 g/mol. The molecule has 4 rings (SSSR count). The Kier molecular flexibility index (Phi) is 8.59. The van der Waals surface area contributed by atoms with E-state index in [1.807, 2.05) is 68.4 Å². The van der Waals surface area contributed by atoms with Crippen LogP contribution in [0.3, 0.4) is 0 Å². The van der Waals surface area contributed by atoms with Crippen molar-refractivity contribution in [1.29, 1.82) is 0 Å². The molecule has 0 amide bonds. The lowest BCUT2D eigenvalue weighted by Gasteiger charge is -2.15. The Morgan fingerprint density at radius 1 is 0.968 bits per heavy atom. The van der Waals surface area contributed by atoms with E-state index in [-0.39, 0.29) is 5.92 Å². The quantitative estimate of drug-likeness (QED) is 0.169. The van der Waals surface area contributed by atoms with Crippen molar-refractivity contribution in [1.82, 2.24) is 5.01 Å². The molecule has 1 aliphatic heterocycles. The normalized spacial score (nSPS) is 15.9. The fourth-order valence-corrected chi connectivity index (χ4v) is 4.05. The maximum atomic E-state index is 6.53. The Labute approximate surface area is 198 Å². The van der Waals surface area contributed by atoms with Gasteiger partial charge in [0.1, 0.15) is 0 Å². The van der Waals surface area contributed by atoms with E-state index in [2.05, 4.69) is 35.6 Å². The number of hydrogen-bond acceptors (Lipinski definition) is 3. The standard InChI is InChI=1S/C23H19Cl2N3S.C2H6/c1-16-7-13-20(14-8-16)29-27-23(25)28-15-21(17-5-3-2-4-6-17)22(26-28)18-9-11-19(24)12-10-18;1-2/h2-14,21H,15H2,1H3;1-2H3/b27-23+;. The molecule has 0 bridgehead atoms. The molecule has 0 N–H and O–H groups in total. The van der Waals surface area contributed by atoms with Crippen LogP contribution in [-0.2, 0) is 0 Å². The Balaban J connectivity index is 0.00000132. The highest BCUT2D eigenvalue weighted by Crippen LogP contribution is 2.31. The van der Waals surface area contributed by atoms with Gasteiger partial charge in [0.15, 0.2) is 0 Å². The number of benzene rings is 3. The molecule has 0 saturated heterocycles. The highest BCUT2D eigenvalue weighted by Gasteiger charge is 2.31. The minimum Gasteiger partial charge on any atom is -0.236 e. The Bertz CT molecular complexity index is 1030. The van der Waals surface area contributed by atoms with E-state index in [1.54, 1.807) is 5.01 Å². The molecule has 3 aromatic carbocycles. The molecule has 1 heterocycles. The minimum absolute atomic E-state index is 0.103. The third kappa shape index (κ3) is 6.13. The zero-order valence-electron chi connectivity index (χ0n) is 17.8. The first kappa shape index (κ1) is 23.4. The summed E-state index contributed by atoms with van der Waals surface area (Å²) in [5, 5.41) is 7.64. The second kappa shape index (κ2) is 11.4. The first-order valence-corrected chi connectivity index (χ1v) is 11.8. The first-order valence-electron chi connectivity index (χ1n) is 10.2. The van der Waals surface area contributed by atoms with Gasteiger partial charge in [-0.2, -0.15) is 9.50 Å². The van der Waals surface area contributed by atoms with Gasteiger partial charge in [0.2, 0.25) is 5.29 Å². The van der Waals surface area contributed by atoms with Crippen LogP contribution in [0.1, 0.15) is 36.5 Å². The molecule has 0 aliphatic carbocycles. The van der Waals surface area contributed by atoms with Gasteiger partial charge in [-0.25, -0.2) is 5.01 Å². The van der Waals surface area contributed by atoms with Gasteiger partial charge in [-0.05, 0) is 53.9 Å². The van der Waals surface area contributed by atoms with Crippen LogP contribution >= 0.6 is 35.1 Å². The average Bonchev–Trinajstić information content (AvgIpc) is 3.26. The maximum Gasteiger partial charge on any atom is 0.226 e. The molecule has 1 aliphatic rings. The molecule has 31 heavy (non-hydrogen) atoms. The van der Waals surface area contributed by atoms with Crippen LogP contribution in [0.2, 0.25) is 5.02 Å². The monoisotopic (exact) mass is 469 g/mol. The lowest BCUT2D eigenvalue weighted by molar-refractivity contribution is 0.484. The molecule has 0 saturated carbocycles. The molecular weight excluding hydrogens is 445 g/mol. The topological polar surface area (TPSA) is 28.0 Å². The summed E-state index contributed by atoms with van der Waals surface area (Å²) in [7, 11) is 0. The zero-order valence-corrected chi connectivity index (χ0v) is 20.1. The molecule has 0 fully saturated rings. The lowest BCUT2D eigenvalue weighted by Crippen LogP contribution is -2.21. The highest BCUT2D eigenvalue weighted by molar-refractivity contribution is 7.98. The fourth-order valence-electron chi connectivity index (χ4n) is 3.18. The molecule has 3 nitrogen and oxygen atoms in total. The summed E-state index contributed by atoms with van der Waals surface area (Å²) in [6, 6.07) is 26.3. The van der Waals surface area contributed by atoms with Crippen molar-refractivity contribution in [3.8, 4) is 0 Å². The first-order chi connectivity index (χ1) is 15.1. The van der Waals surface area contributed by atoms with Crippen LogP contribution in [0.4, 0.5) is 0 Å². The number of amidine groups is 1. The third-order valence-corrected chi connectivity index (χ3v) is 6.10. The van der Waals surface area contributed by atoms with E-state index >= 15 is 0 Å². The number of hydrogen-bond donors (Lipinski definition) is 0. The Morgan fingerprint density at radius 2 is 1.61 bits per heavy atom. The summed E-state index contributed by atoms with van der Waals surface area (Å²) in [5.41, 5.74) is 4.40. The van der Waals surface area contributed by atoms with Crippen LogP contribution in [0.25, 0.3) is 0 Å². The van der Waals surface area contributed by atoms with Crippen molar-refractivity contribution in [3.63, 3.8) is 0 Å². The van der Waals surface area contributed by atoms with Gasteiger partial charge < -0.3 is 0 Å². The number of halogens is 2. The van der Waals surface area contributed by atoms with Gasteiger partial charge in [0.05, 0.1) is 12.3 Å². The van der Waals surface area contributed by atoms with Crippen molar-refractivity contribution in [2.45, 2.75) is 31.6 Å². The second-order valence-electron chi connectivity index (χ2n) is 6.80. The summed E-state index contributed by atoms with van der Waals surface area (Å²) >= 11 is 13.9. The van der Waals surface area contributed by atoms with Gasteiger partial charge in [-0.3, -0.25) is 0 Å². The maximum absolute atomic E-state index is 6.53. The molecule has 6 heteroatoms. The van der Waals surface area contributed by atoms with Gasteiger partial charge in [-0.1, -0.05) is 85.6 Å². The molecule has 1 unspecified atom stereocenters. The van der Waals surface area contributed by atoms with Gasteiger partial charge in [0.25, 0.3) is 0 Å². The fraction of sp³-hybridized carbons (Fsp3) is 0.200.